The predicted molar refractivity (Wildman–Crippen MR) is 31.7 cm³/mol. The van der Waals surface area contributed by atoms with Gasteiger partial charge in [0.05, 0.1) is 6.26 Å². The van der Waals surface area contributed by atoms with Crippen LogP contribution in [0.2, 0.25) is 0 Å². The Morgan fingerprint density at radius 2 is 2.44 bits per heavy atom. The number of carbonyl (C=O) groups is 1. The Bertz CT molecular complexity index is 172. The summed E-state index contributed by atoms with van der Waals surface area (Å²) in [5.74, 6) is 0.742. The van der Waals surface area contributed by atoms with Gasteiger partial charge < -0.3 is 4.74 Å². The third kappa shape index (κ3) is 0.661. The van der Waals surface area contributed by atoms with Crippen LogP contribution in [0.4, 0.5) is 0 Å². The van der Waals surface area contributed by atoms with Crippen LogP contribution in [0, 0.1) is 5.92 Å². The number of rotatable bonds is 0. The molecule has 1 heterocycles. The average molecular weight is 124 g/mol. The molecule has 0 bridgehead atoms. The summed E-state index contributed by atoms with van der Waals surface area (Å²) in [7, 11) is 0. The van der Waals surface area contributed by atoms with Gasteiger partial charge in [-0.1, -0.05) is 0 Å². The molecular formula is C7H8O2. The SMILES string of the molecule is O=C1C[C@H]2C=CO[C@H]2C1. The molecule has 0 radical (unpaired) electrons. The van der Waals surface area contributed by atoms with Crippen molar-refractivity contribution in [2.45, 2.75) is 18.9 Å². The Labute approximate surface area is 53.5 Å². The Morgan fingerprint density at radius 1 is 1.56 bits per heavy atom. The topological polar surface area (TPSA) is 26.3 Å². The van der Waals surface area contributed by atoms with E-state index in [1.54, 1.807) is 6.26 Å². The van der Waals surface area contributed by atoms with E-state index < -0.39 is 0 Å². The van der Waals surface area contributed by atoms with E-state index in [9.17, 15) is 4.79 Å². The number of Topliss-reactive ketones (excluding diaryl/α,β-unsaturated/α-hetero) is 1. The van der Waals surface area contributed by atoms with E-state index in [4.69, 9.17) is 4.74 Å². The third-order valence-electron chi connectivity index (χ3n) is 1.95. The lowest BCUT2D eigenvalue weighted by atomic mass is 10.1. The van der Waals surface area contributed by atoms with Gasteiger partial charge in [-0.25, -0.2) is 0 Å². The highest BCUT2D eigenvalue weighted by atomic mass is 16.5. The summed E-state index contributed by atoms with van der Waals surface area (Å²) in [4.78, 5) is 10.7. The Morgan fingerprint density at radius 3 is 3.22 bits per heavy atom. The van der Waals surface area contributed by atoms with Gasteiger partial charge in [0.25, 0.3) is 0 Å². The van der Waals surface area contributed by atoms with Gasteiger partial charge in [0.2, 0.25) is 0 Å². The lowest BCUT2D eigenvalue weighted by Gasteiger charge is -2.04. The average Bonchev–Trinajstić information content (AvgIpc) is 2.22. The summed E-state index contributed by atoms with van der Waals surface area (Å²) < 4.78 is 5.15. The molecule has 1 fully saturated rings. The minimum absolute atomic E-state index is 0.192. The molecule has 0 aromatic heterocycles. The van der Waals surface area contributed by atoms with Gasteiger partial charge in [0.15, 0.2) is 0 Å². The molecule has 1 saturated carbocycles. The van der Waals surface area contributed by atoms with E-state index in [0.29, 0.717) is 24.5 Å². The minimum atomic E-state index is 0.192. The molecule has 2 aliphatic rings. The van der Waals surface area contributed by atoms with E-state index in [2.05, 4.69) is 0 Å². The molecule has 48 valence electrons. The van der Waals surface area contributed by atoms with E-state index in [1.165, 1.54) is 0 Å². The van der Waals surface area contributed by atoms with Gasteiger partial charge in [-0.3, -0.25) is 4.79 Å². The van der Waals surface area contributed by atoms with Crippen molar-refractivity contribution in [3.8, 4) is 0 Å². The van der Waals surface area contributed by atoms with E-state index in [0.717, 1.165) is 0 Å². The lowest BCUT2D eigenvalue weighted by molar-refractivity contribution is -0.118. The zero-order valence-corrected chi connectivity index (χ0v) is 5.04. The third-order valence-corrected chi connectivity index (χ3v) is 1.95. The summed E-state index contributed by atoms with van der Waals surface area (Å²) in [6.07, 6.45) is 5.20. The lowest BCUT2D eigenvalue weighted by Crippen LogP contribution is -2.07. The molecule has 1 aliphatic heterocycles. The van der Waals surface area contributed by atoms with Gasteiger partial charge in [-0.15, -0.1) is 0 Å². The summed E-state index contributed by atoms with van der Waals surface area (Å²) >= 11 is 0. The van der Waals surface area contributed by atoms with Gasteiger partial charge in [0, 0.05) is 18.8 Å². The van der Waals surface area contributed by atoms with Gasteiger partial charge in [-0.2, -0.15) is 0 Å². The molecule has 0 spiro atoms. The first-order valence-corrected chi connectivity index (χ1v) is 3.20. The Kier molecular flexibility index (Phi) is 0.891. The van der Waals surface area contributed by atoms with Crippen molar-refractivity contribution in [1.82, 2.24) is 0 Å². The van der Waals surface area contributed by atoms with Crippen LogP contribution in [-0.2, 0) is 9.53 Å². The molecule has 2 nitrogen and oxygen atoms in total. The second kappa shape index (κ2) is 1.59. The van der Waals surface area contributed by atoms with Crippen LogP contribution in [0.25, 0.3) is 0 Å². The van der Waals surface area contributed by atoms with Crippen LogP contribution >= 0.6 is 0 Å². The van der Waals surface area contributed by atoms with Crippen molar-refractivity contribution in [2.75, 3.05) is 0 Å². The van der Waals surface area contributed by atoms with E-state index in [1.807, 2.05) is 6.08 Å². The first-order valence-electron chi connectivity index (χ1n) is 3.20. The summed E-state index contributed by atoms with van der Waals surface area (Å²) in [5, 5.41) is 0. The predicted octanol–water partition coefficient (Wildman–Crippen LogP) is 0.878. The minimum Gasteiger partial charge on any atom is -0.497 e. The molecule has 9 heavy (non-hydrogen) atoms. The fourth-order valence-electron chi connectivity index (χ4n) is 1.44. The monoisotopic (exact) mass is 124 g/mol. The first kappa shape index (κ1) is 5.03. The highest BCUT2D eigenvalue weighted by Gasteiger charge is 2.34. The second-order valence-electron chi connectivity index (χ2n) is 2.61. The molecule has 2 heteroatoms. The van der Waals surface area contributed by atoms with Crippen molar-refractivity contribution < 1.29 is 9.53 Å². The van der Waals surface area contributed by atoms with Crippen LogP contribution in [0.1, 0.15) is 12.8 Å². The number of hydrogen-bond donors (Lipinski definition) is 0. The molecule has 2 atom stereocenters. The normalized spacial score (nSPS) is 38.9. The van der Waals surface area contributed by atoms with Crippen LogP contribution in [0.3, 0.4) is 0 Å². The molecule has 0 aromatic rings. The number of ketones is 1. The maximum Gasteiger partial charge on any atom is 0.137 e. The molecule has 2 rings (SSSR count). The Hall–Kier alpha value is -0.790. The van der Waals surface area contributed by atoms with Crippen LogP contribution in [-0.4, -0.2) is 11.9 Å². The van der Waals surface area contributed by atoms with E-state index >= 15 is 0 Å². The van der Waals surface area contributed by atoms with Crippen molar-refractivity contribution >= 4 is 5.78 Å². The van der Waals surface area contributed by atoms with Crippen molar-refractivity contribution in [2.24, 2.45) is 5.92 Å². The van der Waals surface area contributed by atoms with E-state index in [-0.39, 0.29) is 6.10 Å². The number of hydrogen-bond acceptors (Lipinski definition) is 2. The van der Waals surface area contributed by atoms with Gasteiger partial charge >= 0.3 is 0 Å². The van der Waals surface area contributed by atoms with Crippen molar-refractivity contribution in [3.05, 3.63) is 12.3 Å². The van der Waals surface area contributed by atoms with Crippen LogP contribution < -0.4 is 0 Å². The standard InChI is InChI=1S/C7H8O2/c8-6-3-5-1-2-9-7(5)4-6/h1-2,5,7H,3-4H2/t5-,7+/m1/s1. The van der Waals surface area contributed by atoms with Crippen LogP contribution in [0.5, 0.6) is 0 Å². The highest BCUT2D eigenvalue weighted by Crippen LogP contribution is 2.30. The summed E-state index contributed by atoms with van der Waals surface area (Å²) in [5.41, 5.74) is 0. The summed E-state index contributed by atoms with van der Waals surface area (Å²) in [6.45, 7) is 0. The van der Waals surface area contributed by atoms with Crippen molar-refractivity contribution in [1.29, 1.82) is 0 Å². The molecule has 0 saturated heterocycles. The highest BCUT2D eigenvalue weighted by molar-refractivity contribution is 5.82. The number of fused-ring (bicyclic) bond motifs is 1. The van der Waals surface area contributed by atoms with Crippen molar-refractivity contribution in [3.63, 3.8) is 0 Å². The van der Waals surface area contributed by atoms with Gasteiger partial charge in [0.1, 0.15) is 11.9 Å². The molecule has 1 aliphatic carbocycles. The summed E-state index contributed by atoms with van der Waals surface area (Å²) in [6, 6.07) is 0. The largest absolute Gasteiger partial charge is 0.497 e. The maximum atomic E-state index is 10.7. The second-order valence-corrected chi connectivity index (χ2v) is 2.61. The Balaban J connectivity index is 2.17. The fourth-order valence-corrected chi connectivity index (χ4v) is 1.44. The number of ether oxygens (including phenoxy) is 1. The zero-order valence-electron chi connectivity index (χ0n) is 5.04. The zero-order chi connectivity index (χ0) is 6.27. The maximum absolute atomic E-state index is 10.7. The number of carbonyl (C=O) groups excluding carboxylic acids is 1. The molecule has 0 aromatic carbocycles. The molecule has 0 amide bonds. The quantitative estimate of drug-likeness (QED) is 0.479. The first-order chi connectivity index (χ1) is 4.36. The molecule has 0 N–H and O–H groups in total. The van der Waals surface area contributed by atoms with Gasteiger partial charge in [-0.05, 0) is 6.08 Å². The molecular weight excluding hydrogens is 116 g/mol. The smallest absolute Gasteiger partial charge is 0.137 e. The fraction of sp³-hybridized carbons (Fsp3) is 0.571. The molecule has 0 unspecified atom stereocenters. The van der Waals surface area contributed by atoms with Crippen LogP contribution in [0.15, 0.2) is 12.3 Å².